The van der Waals surface area contributed by atoms with Gasteiger partial charge in [-0.1, -0.05) is 17.7 Å². The SMILES string of the molecule is N#Cc1ccc(NC(=O)COC(=O)c2ccc3c(c2)CCC3)cc1Cl. The van der Waals surface area contributed by atoms with Crippen molar-refractivity contribution < 1.29 is 14.3 Å². The predicted molar refractivity (Wildman–Crippen MR) is 93.5 cm³/mol. The predicted octanol–water partition coefficient (Wildman–Crippen LogP) is 3.50. The summed E-state index contributed by atoms with van der Waals surface area (Å²) in [6.07, 6.45) is 3.11. The van der Waals surface area contributed by atoms with Gasteiger partial charge >= 0.3 is 5.97 Å². The summed E-state index contributed by atoms with van der Waals surface area (Å²) in [5.41, 5.74) is 3.65. The Balaban J connectivity index is 1.56. The molecule has 0 saturated carbocycles. The highest BCUT2D eigenvalue weighted by molar-refractivity contribution is 6.32. The third kappa shape index (κ3) is 3.98. The van der Waals surface area contributed by atoms with Crippen molar-refractivity contribution >= 4 is 29.2 Å². The normalized spacial score (nSPS) is 12.2. The number of nitrogens with zero attached hydrogens (tertiary/aromatic N) is 1. The summed E-state index contributed by atoms with van der Waals surface area (Å²) in [6.45, 7) is -0.395. The Kier molecular flexibility index (Phi) is 5.01. The highest BCUT2D eigenvalue weighted by Crippen LogP contribution is 2.23. The van der Waals surface area contributed by atoms with E-state index in [1.807, 2.05) is 18.2 Å². The number of amides is 1. The number of halogens is 1. The number of hydrogen-bond acceptors (Lipinski definition) is 4. The van der Waals surface area contributed by atoms with Gasteiger partial charge in [0.15, 0.2) is 6.61 Å². The van der Waals surface area contributed by atoms with Crippen molar-refractivity contribution in [2.24, 2.45) is 0 Å². The van der Waals surface area contributed by atoms with Crippen LogP contribution in [0.3, 0.4) is 0 Å². The van der Waals surface area contributed by atoms with Gasteiger partial charge in [-0.15, -0.1) is 0 Å². The second kappa shape index (κ2) is 7.37. The number of hydrogen-bond donors (Lipinski definition) is 1. The molecule has 0 fully saturated rings. The summed E-state index contributed by atoms with van der Waals surface area (Å²) in [5.74, 6) is -1.00. The van der Waals surface area contributed by atoms with Crippen LogP contribution >= 0.6 is 11.6 Å². The number of esters is 1. The summed E-state index contributed by atoms with van der Waals surface area (Å²) in [5, 5.41) is 11.6. The molecular weight excluding hydrogens is 340 g/mol. The quantitative estimate of drug-likeness (QED) is 0.852. The van der Waals surface area contributed by atoms with Crippen LogP contribution in [0.5, 0.6) is 0 Å². The van der Waals surface area contributed by atoms with Crippen LogP contribution in [0.15, 0.2) is 36.4 Å². The summed E-state index contributed by atoms with van der Waals surface area (Å²) < 4.78 is 5.06. The number of carbonyl (C=O) groups is 2. The van der Waals surface area contributed by atoms with Gasteiger partial charge in [-0.3, -0.25) is 4.79 Å². The van der Waals surface area contributed by atoms with Gasteiger partial charge in [0.25, 0.3) is 5.91 Å². The molecule has 0 radical (unpaired) electrons. The molecule has 0 bridgehead atoms. The molecule has 1 aliphatic carbocycles. The molecule has 2 aromatic carbocycles. The van der Waals surface area contributed by atoms with Gasteiger partial charge in [0.2, 0.25) is 0 Å². The Bertz CT molecular complexity index is 887. The maximum Gasteiger partial charge on any atom is 0.338 e. The highest BCUT2D eigenvalue weighted by Gasteiger charge is 2.16. The van der Waals surface area contributed by atoms with E-state index in [9.17, 15) is 9.59 Å². The van der Waals surface area contributed by atoms with Crippen molar-refractivity contribution in [2.75, 3.05) is 11.9 Å². The van der Waals surface area contributed by atoms with Crippen LogP contribution in [0.4, 0.5) is 5.69 Å². The van der Waals surface area contributed by atoms with Crippen molar-refractivity contribution in [3.8, 4) is 6.07 Å². The van der Waals surface area contributed by atoms with Gasteiger partial charge in [0, 0.05) is 5.69 Å². The Morgan fingerprint density at radius 2 is 1.96 bits per heavy atom. The molecule has 1 N–H and O–H groups in total. The van der Waals surface area contributed by atoms with E-state index >= 15 is 0 Å². The molecule has 5 nitrogen and oxygen atoms in total. The summed E-state index contributed by atoms with van der Waals surface area (Å²) in [6, 6.07) is 12.0. The molecule has 3 rings (SSSR count). The van der Waals surface area contributed by atoms with E-state index in [1.165, 1.54) is 23.3 Å². The van der Waals surface area contributed by atoms with Crippen LogP contribution in [-0.4, -0.2) is 18.5 Å². The van der Waals surface area contributed by atoms with Crippen molar-refractivity contribution in [1.29, 1.82) is 5.26 Å². The lowest BCUT2D eigenvalue weighted by molar-refractivity contribution is -0.119. The van der Waals surface area contributed by atoms with Crippen LogP contribution in [0.1, 0.15) is 33.5 Å². The van der Waals surface area contributed by atoms with E-state index in [0.29, 0.717) is 16.8 Å². The highest BCUT2D eigenvalue weighted by atomic mass is 35.5. The van der Waals surface area contributed by atoms with Gasteiger partial charge in [-0.25, -0.2) is 4.79 Å². The van der Waals surface area contributed by atoms with Crippen molar-refractivity contribution in [1.82, 2.24) is 0 Å². The number of benzene rings is 2. The average molecular weight is 355 g/mol. The number of nitriles is 1. The van der Waals surface area contributed by atoms with Gasteiger partial charge in [-0.05, 0) is 60.7 Å². The van der Waals surface area contributed by atoms with Gasteiger partial charge in [-0.2, -0.15) is 5.26 Å². The van der Waals surface area contributed by atoms with E-state index < -0.39 is 18.5 Å². The van der Waals surface area contributed by atoms with Gasteiger partial charge in [0.1, 0.15) is 6.07 Å². The zero-order valence-electron chi connectivity index (χ0n) is 13.3. The van der Waals surface area contributed by atoms with Crippen LogP contribution in [0.25, 0.3) is 0 Å². The molecule has 1 amide bonds. The van der Waals surface area contributed by atoms with Crippen LogP contribution in [0, 0.1) is 11.3 Å². The van der Waals surface area contributed by atoms with Crippen molar-refractivity contribution in [3.05, 3.63) is 63.7 Å². The fourth-order valence-corrected chi connectivity index (χ4v) is 3.02. The Morgan fingerprint density at radius 3 is 2.72 bits per heavy atom. The van der Waals surface area contributed by atoms with Crippen molar-refractivity contribution in [3.63, 3.8) is 0 Å². The van der Waals surface area contributed by atoms with Crippen LogP contribution in [-0.2, 0) is 22.4 Å². The third-order valence-electron chi connectivity index (χ3n) is 4.04. The molecule has 0 aliphatic heterocycles. The molecule has 1 aliphatic rings. The number of anilines is 1. The number of rotatable bonds is 4. The standard InChI is InChI=1S/C19H15ClN2O3/c20-17-9-16(7-6-15(17)10-21)22-18(23)11-25-19(24)14-5-4-12-2-1-3-13(12)8-14/h4-9H,1-3,11H2,(H,22,23). The molecule has 25 heavy (non-hydrogen) atoms. The van der Waals surface area contributed by atoms with E-state index in [1.54, 1.807) is 12.1 Å². The number of aryl methyl sites for hydroxylation is 2. The summed E-state index contributed by atoms with van der Waals surface area (Å²) in [4.78, 5) is 24.0. The van der Waals surface area contributed by atoms with Gasteiger partial charge < -0.3 is 10.1 Å². The topological polar surface area (TPSA) is 79.2 Å². The molecule has 0 heterocycles. The molecule has 0 atom stereocenters. The number of carbonyl (C=O) groups excluding carboxylic acids is 2. The van der Waals surface area contributed by atoms with Gasteiger partial charge in [0.05, 0.1) is 16.1 Å². The molecule has 0 saturated heterocycles. The molecule has 126 valence electrons. The molecule has 0 spiro atoms. The fraction of sp³-hybridized carbons (Fsp3) is 0.211. The minimum absolute atomic E-state index is 0.246. The summed E-state index contributed by atoms with van der Waals surface area (Å²) in [7, 11) is 0. The second-order valence-corrected chi connectivity index (χ2v) is 6.17. The fourth-order valence-electron chi connectivity index (χ4n) is 2.79. The smallest absolute Gasteiger partial charge is 0.338 e. The third-order valence-corrected chi connectivity index (χ3v) is 4.35. The molecule has 2 aromatic rings. The molecular formula is C19H15ClN2O3. The Labute approximate surface area is 150 Å². The monoisotopic (exact) mass is 354 g/mol. The number of ether oxygens (including phenoxy) is 1. The zero-order valence-corrected chi connectivity index (χ0v) is 14.1. The molecule has 6 heteroatoms. The molecule has 0 unspecified atom stereocenters. The number of nitrogens with one attached hydrogen (secondary N) is 1. The molecule has 0 aromatic heterocycles. The lowest BCUT2D eigenvalue weighted by atomic mass is 10.1. The largest absolute Gasteiger partial charge is 0.452 e. The lowest BCUT2D eigenvalue weighted by Gasteiger charge is -2.08. The average Bonchev–Trinajstić information content (AvgIpc) is 3.07. The summed E-state index contributed by atoms with van der Waals surface area (Å²) >= 11 is 5.91. The van der Waals surface area contributed by atoms with E-state index in [-0.39, 0.29) is 5.02 Å². The van der Waals surface area contributed by atoms with Crippen LogP contribution < -0.4 is 5.32 Å². The Hall–Kier alpha value is -2.84. The minimum atomic E-state index is -0.525. The first kappa shape index (κ1) is 17.0. The second-order valence-electron chi connectivity index (χ2n) is 5.77. The first-order valence-electron chi connectivity index (χ1n) is 7.85. The minimum Gasteiger partial charge on any atom is -0.452 e. The van der Waals surface area contributed by atoms with E-state index in [2.05, 4.69) is 5.32 Å². The zero-order chi connectivity index (χ0) is 17.8. The first-order chi connectivity index (χ1) is 12.1. The van der Waals surface area contributed by atoms with E-state index in [0.717, 1.165) is 19.3 Å². The maximum atomic E-state index is 12.1. The Morgan fingerprint density at radius 1 is 1.16 bits per heavy atom. The first-order valence-corrected chi connectivity index (χ1v) is 8.23. The maximum absolute atomic E-state index is 12.1. The number of fused-ring (bicyclic) bond motifs is 1. The lowest BCUT2D eigenvalue weighted by Crippen LogP contribution is -2.21. The van der Waals surface area contributed by atoms with Crippen molar-refractivity contribution in [2.45, 2.75) is 19.3 Å². The van der Waals surface area contributed by atoms with Crippen LogP contribution in [0.2, 0.25) is 5.02 Å². The van der Waals surface area contributed by atoms with E-state index in [4.69, 9.17) is 21.6 Å².